The Balaban J connectivity index is 1.63. The molecule has 14 heteroatoms. The van der Waals surface area contributed by atoms with Gasteiger partial charge in [0, 0.05) is 12.1 Å². The number of nitro groups is 1. The third-order valence-electron chi connectivity index (χ3n) is 6.60. The molecule has 0 radical (unpaired) electrons. The van der Waals surface area contributed by atoms with Crippen molar-refractivity contribution in [1.29, 1.82) is 0 Å². The fourth-order valence-electron chi connectivity index (χ4n) is 4.71. The van der Waals surface area contributed by atoms with Gasteiger partial charge >= 0.3 is 18.2 Å². The molecule has 2 heterocycles. The molecule has 1 aliphatic rings. The van der Waals surface area contributed by atoms with E-state index in [1.54, 1.807) is 47.7 Å². The summed E-state index contributed by atoms with van der Waals surface area (Å²) < 4.78 is 26.5. The monoisotopic (exact) mass is 640 g/mol. The number of benzene rings is 2. The van der Waals surface area contributed by atoms with Gasteiger partial charge in [0.25, 0.3) is 5.69 Å². The first kappa shape index (κ1) is 33.3. The van der Waals surface area contributed by atoms with E-state index in [2.05, 4.69) is 9.59 Å². The minimum absolute atomic E-state index is 0.112. The maximum Gasteiger partial charge on any atom is 0.509 e. The van der Waals surface area contributed by atoms with Crippen molar-refractivity contribution in [2.24, 2.45) is 0 Å². The Hall–Kier alpha value is -4.59. The van der Waals surface area contributed by atoms with Gasteiger partial charge in [-0.2, -0.15) is 0 Å². The maximum atomic E-state index is 13.5. The molecule has 240 valence electrons. The summed E-state index contributed by atoms with van der Waals surface area (Å²) in [5.74, 6) is -0.671. The number of nitro benzene ring substituents is 1. The Morgan fingerprint density at radius 1 is 0.933 bits per heavy atom. The van der Waals surface area contributed by atoms with Crippen molar-refractivity contribution in [1.82, 2.24) is 14.5 Å². The molecular weight excluding hydrogens is 604 g/mol. The molecule has 0 saturated carbocycles. The van der Waals surface area contributed by atoms with Crippen LogP contribution in [0, 0.1) is 10.1 Å². The highest BCUT2D eigenvalue weighted by atomic mass is 32.1. The Labute approximate surface area is 264 Å². The van der Waals surface area contributed by atoms with Crippen LogP contribution < -0.4 is 0 Å². The van der Waals surface area contributed by atoms with E-state index in [0.717, 1.165) is 16.0 Å². The average molecular weight is 641 g/mol. The number of carbonyl (C=O) groups excluding carboxylic acids is 3. The summed E-state index contributed by atoms with van der Waals surface area (Å²) in [7, 11) is 0. The standard InChI is InChI=1S/C31H36N4O9S/c1-30(2,3)43-28(37)34-18-24(41-29(38)44-31(4,5)6)27(42-26(36)16-20-9-13-22(14-10-20)35(39)40)23(34)15-19-7-11-21(12-8-19)25-17-32-33-45-25/h7-14,17,23-24,27H,15-16,18H2,1-6H3/t23-,24+,27+/m1/s1. The summed E-state index contributed by atoms with van der Waals surface area (Å²) >= 11 is 1.26. The molecule has 3 atom stereocenters. The summed E-state index contributed by atoms with van der Waals surface area (Å²) in [6.45, 7) is 10.2. The molecule has 1 saturated heterocycles. The fraction of sp³-hybridized carbons (Fsp3) is 0.452. The first-order chi connectivity index (χ1) is 21.1. The second-order valence-corrected chi connectivity index (χ2v) is 13.3. The summed E-state index contributed by atoms with van der Waals surface area (Å²) in [5, 5.41) is 14.9. The third kappa shape index (κ3) is 9.45. The molecule has 4 rings (SSSR count). The van der Waals surface area contributed by atoms with Crippen molar-refractivity contribution in [3.05, 3.63) is 76.0 Å². The van der Waals surface area contributed by atoms with Crippen LogP contribution >= 0.6 is 11.5 Å². The summed E-state index contributed by atoms with van der Waals surface area (Å²) in [6, 6.07) is 12.3. The van der Waals surface area contributed by atoms with E-state index >= 15 is 0 Å². The van der Waals surface area contributed by atoms with Gasteiger partial charge in [0.1, 0.15) is 11.2 Å². The van der Waals surface area contributed by atoms with E-state index in [1.807, 2.05) is 24.3 Å². The summed E-state index contributed by atoms with van der Waals surface area (Å²) in [6.07, 6.45) is -2.08. The predicted molar refractivity (Wildman–Crippen MR) is 164 cm³/mol. The van der Waals surface area contributed by atoms with Crippen molar-refractivity contribution >= 4 is 35.4 Å². The number of esters is 1. The Morgan fingerprint density at radius 2 is 1.56 bits per heavy atom. The highest BCUT2D eigenvalue weighted by molar-refractivity contribution is 7.09. The van der Waals surface area contributed by atoms with Crippen LogP contribution in [0.4, 0.5) is 15.3 Å². The lowest BCUT2D eigenvalue weighted by molar-refractivity contribution is -0.384. The van der Waals surface area contributed by atoms with E-state index in [9.17, 15) is 24.5 Å². The number of rotatable bonds is 8. The second kappa shape index (κ2) is 13.6. The number of hydrogen-bond donors (Lipinski definition) is 0. The maximum absolute atomic E-state index is 13.5. The molecule has 0 aliphatic carbocycles. The van der Waals surface area contributed by atoms with Crippen molar-refractivity contribution in [2.45, 2.75) is 83.8 Å². The fourth-order valence-corrected chi connectivity index (χ4v) is 5.23. The topological polar surface area (TPSA) is 160 Å². The van der Waals surface area contributed by atoms with Crippen LogP contribution in [0.25, 0.3) is 10.4 Å². The van der Waals surface area contributed by atoms with Crippen molar-refractivity contribution in [2.75, 3.05) is 6.54 Å². The summed E-state index contributed by atoms with van der Waals surface area (Å²) in [4.78, 5) is 52.3. The first-order valence-electron chi connectivity index (χ1n) is 14.3. The van der Waals surface area contributed by atoms with Crippen LogP contribution in [-0.2, 0) is 36.6 Å². The number of amides is 1. The van der Waals surface area contributed by atoms with Gasteiger partial charge in [0.05, 0.1) is 35.0 Å². The largest absolute Gasteiger partial charge is 0.509 e. The molecule has 1 aromatic heterocycles. The zero-order valence-electron chi connectivity index (χ0n) is 25.9. The smallest absolute Gasteiger partial charge is 0.456 e. The number of aromatic nitrogens is 2. The number of hydrogen-bond acceptors (Lipinski definition) is 12. The summed E-state index contributed by atoms with van der Waals surface area (Å²) in [5.41, 5.74) is 0.446. The quantitative estimate of drug-likeness (QED) is 0.128. The van der Waals surface area contributed by atoms with Crippen LogP contribution in [0.5, 0.6) is 0 Å². The van der Waals surface area contributed by atoms with Gasteiger partial charge in [0.2, 0.25) is 0 Å². The number of likely N-dealkylation sites (tertiary alicyclic amines) is 1. The lowest BCUT2D eigenvalue weighted by Crippen LogP contribution is -2.45. The number of nitrogens with zero attached hydrogens (tertiary/aromatic N) is 4. The predicted octanol–water partition coefficient (Wildman–Crippen LogP) is 5.75. The molecule has 0 bridgehead atoms. The van der Waals surface area contributed by atoms with E-state index in [0.29, 0.717) is 5.56 Å². The lowest BCUT2D eigenvalue weighted by atomic mass is 9.99. The van der Waals surface area contributed by atoms with Crippen LogP contribution in [0.1, 0.15) is 52.7 Å². The lowest BCUT2D eigenvalue weighted by Gasteiger charge is -2.30. The normalized spacial score (nSPS) is 18.3. The van der Waals surface area contributed by atoms with Gasteiger partial charge in [0.15, 0.2) is 12.2 Å². The highest BCUT2D eigenvalue weighted by Crippen LogP contribution is 2.31. The molecule has 0 spiro atoms. The zero-order chi connectivity index (χ0) is 32.9. The van der Waals surface area contributed by atoms with Crippen molar-refractivity contribution in [3.63, 3.8) is 0 Å². The molecule has 1 fully saturated rings. The molecule has 0 unspecified atom stereocenters. The van der Waals surface area contributed by atoms with Gasteiger partial charge in [-0.1, -0.05) is 40.9 Å². The molecule has 0 N–H and O–H groups in total. The molecule has 1 amide bonds. The van der Waals surface area contributed by atoms with Crippen LogP contribution in [0.2, 0.25) is 0 Å². The second-order valence-electron chi connectivity index (χ2n) is 12.6. The van der Waals surface area contributed by atoms with E-state index in [1.165, 1.54) is 40.7 Å². The van der Waals surface area contributed by atoms with Crippen LogP contribution in [0.3, 0.4) is 0 Å². The number of ether oxygens (including phenoxy) is 4. The van der Waals surface area contributed by atoms with Crippen molar-refractivity contribution < 1.29 is 38.3 Å². The number of carbonyl (C=O) groups is 3. The molecule has 3 aromatic rings. The van der Waals surface area contributed by atoms with Crippen LogP contribution in [0.15, 0.2) is 54.7 Å². The van der Waals surface area contributed by atoms with Crippen molar-refractivity contribution in [3.8, 4) is 10.4 Å². The van der Waals surface area contributed by atoms with E-state index < -0.39 is 52.6 Å². The number of non-ortho nitro benzene ring substituents is 1. The molecule has 45 heavy (non-hydrogen) atoms. The molecular formula is C31H36N4O9S. The van der Waals surface area contributed by atoms with Crippen LogP contribution in [-0.4, -0.2) is 73.6 Å². The van der Waals surface area contributed by atoms with E-state index in [-0.39, 0.29) is 25.1 Å². The Bertz CT molecular complexity index is 1500. The van der Waals surface area contributed by atoms with Gasteiger partial charge in [-0.15, -0.1) is 5.10 Å². The van der Waals surface area contributed by atoms with Gasteiger partial charge in [-0.3, -0.25) is 19.8 Å². The molecule has 1 aliphatic heterocycles. The van der Waals surface area contributed by atoms with Gasteiger partial charge in [-0.05, 0) is 76.2 Å². The van der Waals surface area contributed by atoms with Gasteiger partial charge < -0.3 is 18.9 Å². The van der Waals surface area contributed by atoms with E-state index in [4.69, 9.17) is 18.9 Å². The average Bonchev–Trinajstić information content (AvgIpc) is 3.57. The zero-order valence-corrected chi connectivity index (χ0v) is 26.7. The highest BCUT2D eigenvalue weighted by Gasteiger charge is 2.50. The Kier molecular flexibility index (Phi) is 10.1. The third-order valence-corrected chi connectivity index (χ3v) is 7.31. The Morgan fingerprint density at radius 3 is 2.11 bits per heavy atom. The minimum Gasteiger partial charge on any atom is -0.456 e. The van der Waals surface area contributed by atoms with Gasteiger partial charge in [-0.25, -0.2) is 9.59 Å². The first-order valence-corrected chi connectivity index (χ1v) is 15.0. The molecule has 13 nitrogen and oxygen atoms in total. The minimum atomic E-state index is -1.08. The molecule has 2 aromatic carbocycles. The SMILES string of the molecule is CC(C)(C)OC(=O)O[C@H]1CN(C(=O)OC(C)(C)C)[C@H](Cc2ccc(-c3cnns3)cc2)[C@@H]1OC(=O)Cc1ccc([N+](=O)[O-])cc1.